The molecule has 0 spiro atoms. The molecule has 5 nitrogen and oxygen atoms in total. The van der Waals surface area contributed by atoms with E-state index in [2.05, 4.69) is 10.5 Å². The van der Waals surface area contributed by atoms with Crippen molar-refractivity contribution in [2.45, 2.75) is 6.18 Å². The number of hydrogen-bond acceptors (Lipinski definition) is 5. The van der Waals surface area contributed by atoms with Crippen LogP contribution in [0.2, 0.25) is 5.02 Å². The Bertz CT molecular complexity index is 811. The quantitative estimate of drug-likeness (QED) is 0.569. The van der Waals surface area contributed by atoms with Crippen molar-refractivity contribution >= 4 is 23.5 Å². The second-order valence-corrected chi connectivity index (χ2v) is 5.39. The first-order valence-electron chi connectivity index (χ1n) is 7.26. The Hall–Kier alpha value is -2.61. The number of hydrogen-bond donors (Lipinski definition) is 1. The van der Waals surface area contributed by atoms with E-state index >= 15 is 0 Å². The number of nitrogens with zero attached hydrogens (tertiary/aromatic N) is 1. The third-order valence-corrected chi connectivity index (χ3v) is 3.75. The Kier molecular flexibility index (Phi) is 6.20. The van der Waals surface area contributed by atoms with Crippen LogP contribution in [0, 0.1) is 0 Å². The average molecular weight is 389 g/mol. The Balaban J connectivity index is 2.29. The van der Waals surface area contributed by atoms with Gasteiger partial charge in [-0.25, -0.2) is 0 Å². The zero-order valence-electron chi connectivity index (χ0n) is 14.1. The second kappa shape index (κ2) is 8.18. The van der Waals surface area contributed by atoms with Gasteiger partial charge in [-0.15, -0.1) is 0 Å². The van der Waals surface area contributed by atoms with Crippen molar-refractivity contribution in [1.82, 2.24) is 0 Å². The van der Waals surface area contributed by atoms with Crippen molar-refractivity contribution in [1.29, 1.82) is 0 Å². The summed E-state index contributed by atoms with van der Waals surface area (Å²) in [6.07, 6.45) is -3.10. The Morgan fingerprint density at radius 2 is 1.69 bits per heavy atom. The lowest BCUT2D eigenvalue weighted by atomic mass is 10.2. The van der Waals surface area contributed by atoms with E-state index in [9.17, 15) is 13.2 Å². The molecule has 0 saturated carbocycles. The predicted molar refractivity (Wildman–Crippen MR) is 93.8 cm³/mol. The van der Waals surface area contributed by atoms with Crippen LogP contribution in [0.1, 0.15) is 11.1 Å². The number of halogens is 4. The summed E-state index contributed by atoms with van der Waals surface area (Å²) < 4.78 is 54.1. The third-order valence-electron chi connectivity index (χ3n) is 3.42. The molecule has 0 saturated heterocycles. The molecule has 2 aromatic carbocycles. The van der Waals surface area contributed by atoms with Crippen molar-refractivity contribution in [3.05, 3.63) is 46.5 Å². The van der Waals surface area contributed by atoms with Crippen LogP contribution in [-0.4, -0.2) is 27.5 Å². The number of ether oxygens (including phenoxy) is 3. The first kappa shape index (κ1) is 19.7. The number of alkyl halides is 3. The highest BCUT2D eigenvalue weighted by Crippen LogP contribution is 2.39. The summed E-state index contributed by atoms with van der Waals surface area (Å²) in [4.78, 5) is 0. The lowest BCUT2D eigenvalue weighted by molar-refractivity contribution is -0.137. The molecule has 0 unspecified atom stereocenters. The summed E-state index contributed by atoms with van der Waals surface area (Å²) in [6, 6.07) is 6.25. The van der Waals surface area contributed by atoms with E-state index in [1.807, 2.05) is 0 Å². The van der Waals surface area contributed by atoms with E-state index < -0.39 is 11.7 Å². The van der Waals surface area contributed by atoms with Crippen molar-refractivity contribution in [2.24, 2.45) is 5.10 Å². The minimum absolute atomic E-state index is 0.0252. The predicted octanol–water partition coefficient (Wildman–Crippen LogP) is 4.83. The molecular formula is C17H16ClF3N2O3. The van der Waals surface area contributed by atoms with Gasteiger partial charge in [0.05, 0.1) is 43.8 Å². The molecule has 2 rings (SSSR count). The average Bonchev–Trinajstić information content (AvgIpc) is 2.61. The van der Waals surface area contributed by atoms with Crippen LogP contribution in [0.3, 0.4) is 0 Å². The molecule has 1 N–H and O–H groups in total. The van der Waals surface area contributed by atoms with Crippen LogP contribution in [0.4, 0.5) is 18.9 Å². The number of methoxy groups -OCH3 is 3. The Morgan fingerprint density at radius 1 is 1.00 bits per heavy atom. The van der Waals surface area contributed by atoms with Gasteiger partial charge in [-0.2, -0.15) is 18.3 Å². The Labute approximate surface area is 153 Å². The van der Waals surface area contributed by atoms with Gasteiger partial charge in [0.2, 0.25) is 5.75 Å². The van der Waals surface area contributed by atoms with Gasteiger partial charge in [-0.3, -0.25) is 5.43 Å². The van der Waals surface area contributed by atoms with Crippen molar-refractivity contribution in [2.75, 3.05) is 26.8 Å². The third kappa shape index (κ3) is 4.32. The molecule has 0 radical (unpaired) electrons. The molecule has 0 fully saturated rings. The van der Waals surface area contributed by atoms with Gasteiger partial charge in [-0.05, 0) is 30.3 Å². The fraction of sp³-hybridized carbons (Fsp3) is 0.235. The fourth-order valence-electron chi connectivity index (χ4n) is 2.18. The lowest BCUT2D eigenvalue weighted by Gasteiger charge is -2.14. The second-order valence-electron chi connectivity index (χ2n) is 4.99. The van der Waals surface area contributed by atoms with Crippen LogP contribution >= 0.6 is 11.6 Å². The Morgan fingerprint density at radius 3 is 2.27 bits per heavy atom. The minimum atomic E-state index is -4.47. The van der Waals surface area contributed by atoms with E-state index in [1.165, 1.54) is 27.5 Å². The zero-order valence-corrected chi connectivity index (χ0v) is 14.9. The molecule has 0 aromatic heterocycles. The molecule has 2 aromatic rings. The molecule has 0 aliphatic heterocycles. The van der Waals surface area contributed by atoms with Crippen LogP contribution in [-0.2, 0) is 6.18 Å². The number of anilines is 1. The van der Waals surface area contributed by atoms with E-state index in [0.29, 0.717) is 22.8 Å². The van der Waals surface area contributed by atoms with Crippen LogP contribution in [0.15, 0.2) is 35.4 Å². The molecule has 0 atom stereocenters. The van der Waals surface area contributed by atoms with E-state index in [-0.39, 0.29) is 10.7 Å². The molecule has 0 heterocycles. The maximum Gasteiger partial charge on any atom is 0.416 e. The van der Waals surface area contributed by atoms with Gasteiger partial charge in [0.1, 0.15) is 0 Å². The van der Waals surface area contributed by atoms with Crippen molar-refractivity contribution < 1.29 is 27.4 Å². The van der Waals surface area contributed by atoms with Gasteiger partial charge in [0.25, 0.3) is 0 Å². The van der Waals surface area contributed by atoms with Gasteiger partial charge >= 0.3 is 6.18 Å². The SMILES string of the molecule is COc1ccc(C=NNc2cc(C(F)(F)F)ccc2Cl)c(OC)c1OC. The topological polar surface area (TPSA) is 52.1 Å². The highest BCUT2D eigenvalue weighted by Gasteiger charge is 2.30. The number of nitrogens with one attached hydrogen (secondary N) is 1. The molecular weight excluding hydrogens is 373 g/mol. The summed E-state index contributed by atoms with van der Waals surface area (Å²) in [7, 11) is 4.40. The first-order valence-corrected chi connectivity index (χ1v) is 7.64. The summed E-state index contributed by atoms with van der Waals surface area (Å²) in [6.45, 7) is 0. The first-order chi connectivity index (χ1) is 12.3. The van der Waals surface area contributed by atoms with E-state index in [0.717, 1.165) is 18.2 Å². The summed E-state index contributed by atoms with van der Waals surface area (Å²) in [5.74, 6) is 1.21. The smallest absolute Gasteiger partial charge is 0.416 e. The van der Waals surface area contributed by atoms with E-state index in [1.54, 1.807) is 12.1 Å². The van der Waals surface area contributed by atoms with Crippen LogP contribution in [0.5, 0.6) is 17.2 Å². The summed E-state index contributed by atoms with van der Waals surface area (Å²) >= 11 is 5.91. The van der Waals surface area contributed by atoms with Gasteiger partial charge in [0, 0.05) is 5.56 Å². The van der Waals surface area contributed by atoms with E-state index in [4.69, 9.17) is 25.8 Å². The normalized spacial score (nSPS) is 11.5. The van der Waals surface area contributed by atoms with Gasteiger partial charge in [0.15, 0.2) is 11.5 Å². The highest BCUT2D eigenvalue weighted by atomic mass is 35.5. The van der Waals surface area contributed by atoms with Crippen LogP contribution in [0.25, 0.3) is 0 Å². The number of hydrazone groups is 1. The molecule has 0 aliphatic rings. The standard InChI is InChI=1S/C17H16ClF3N2O3/c1-24-14-7-4-10(15(25-2)16(14)26-3)9-22-23-13-8-11(17(19,20)21)5-6-12(13)18/h4-9,23H,1-3H3. The lowest BCUT2D eigenvalue weighted by Crippen LogP contribution is -2.05. The largest absolute Gasteiger partial charge is 0.493 e. The summed E-state index contributed by atoms with van der Waals surface area (Å²) in [5.41, 5.74) is 2.22. The van der Waals surface area contributed by atoms with Crippen molar-refractivity contribution in [3.8, 4) is 17.2 Å². The molecule has 140 valence electrons. The maximum atomic E-state index is 12.8. The fourth-order valence-corrected chi connectivity index (χ4v) is 2.34. The number of benzene rings is 2. The van der Waals surface area contributed by atoms with Crippen molar-refractivity contribution in [3.63, 3.8) is 0 Å². The summed E-state index contributed by atoms with van der Waals surface area (Å²) in [5, 5.41) is 4.04. The zero-order chi connectivity index (χ0) is 19.3. The molecule has 9 heteroatoms. The van der Waals surface area contributed by atoms with Gasteiger partial charge in [-0.1, -0.05) is 11.6 Å². The molecule has 0 amide bonds. The molecule has 0 bridgehead atoms. The highest BCUT2D eigenvalue weighted by molar-refractivity contribution is 6.33. The van der Waals surface area contributed by atoms with Crippen LogP contribution < -0.4 is 19.6 Å². The minimum Gasteiger partial charge on any atom is -0.493 e. The van der Waals surface area contributed by atoms with Gasteiger partial charge < -0.3 is 14.2 Å². The molecule has 26 heavy (non-hydrogen) atoms. The molecule has 0 aliphatic carbocycles. The maximum absolute atomic E-state index is 12.8. The monoisotopic (exact) mass is 388 g/mol. The number of rotatable bonds is 6.